The molecule has 0 aliphatic rings. The minimum atomic E-state index is -1.98. The predicted octanol–water partition coefficient (Wildman–Crippen LogP) is 1.50. The van der Waals surface area contributed by atoms with Crippen molar-refractivity contribution in [2.75, 3.05) is 6.61 Å². The van der Waals surface area contributed by atoms with E-state index in [4.69, 9.17) is 4.89 Å². The standard InChI is InChI=1S/C5H9O4P/c1-3-5-7-9-10(6)8-4-2/h3-4,6H,1-2,5H2. The lowest BCUT2D eigenvalue weighted by molar-refractivity contribution is -0.202. The van der Waals surface area contributed by atoms with Crippen LogP contribution in [-0.2, 0) is 14.1 Å². The lowest BCUT2D eigenvalue weighted by Gasteiger charge is -2.04. The van der Waals surface area contributed by atoms with Gasteiger partial charge in [0.05, 0.1) is 6.26 Å². The molecule has 0 spiro atoms. The molecule has 0 amide bonds. The average Bonchev–Trinajstić information content (AvgIpc) is 1.89. The van der Waals surface area contributed by atoms with E-state index in [-0.39, 0.29) is 6.61 Å². The van der Waals surface area contributed by atoms with Crippen molar-refractivity contribution in [3.63, 3.8) is 0 Å². The van der Waals surface area contributed by atoms with E-state index >= 15 is 0 Å². The van der Waals surface area contributed by atoms with Crippen LogP contribution in [0.15, 0.2) is 25.5 Å². The van der Waals surface area contributed by atoms with Crippen molar-refractivity contribution < 1.29 is 19.0 Å². The Hall–Kier alpha value is -0.410. The molecule has 1 unspecified atom stereocenters. The number of hydrogen-bond acceptors (Lipinski definition) is 4. The molecule has 0 aromatic rings. The van der Waals surface area contributed by atoms with Crippen molar-refractivity contribution in [3.8, 4) is 0 Å². The predicted molar refractivity (Wildman–Crippen MR) is 37.7 cm³/mol. The molecule has 0 aliphatic heterocycles. The van der Waals surface area contributed by atoms with Crippen LogP contribution < -0.4 is 0 Å². The fourth-order valence-corrected chi connectivity index (χ4v) is 0.519. The Morgan fingerprint density at radius 3 is 2.70 bits per heavy atom. The zero-order valence-corrected chi connectivity index (χ0v) is 6.29. The maximum absolute atomic E-state index is 8.67. The topological polar surface area (TPSA) is 47.9 Å². The normalized spacial score (nSPS) is 12.1. The van der Waals surface area contributed by atoms with Gasteiger partial charge in [-0.25, -0.2) is 4.89 Å². The molecule has 0 saturated carbocycles. The molecule has 0 bridgehead atoms. The van der Waals surface area contributed by atoms with Gasteiger partial charge >= 0.3 is 8.60 Å². The van der Waals surface area contributed by atoms with Crippen molar-refractivity contribution in [2.45, 2.75) is 0 Å². The Morgan fingerprint density at radius 2 is 2.20 bits per heavy atom. The second kappa shape index (κ2) is 6.71. The minimum Gasteiger partial charge on any atom is -0.434 e. The molecule has 0 heterocycles. The molecule has 5 heteroatoms. The van der Waals surface area contributed by atoms with E-state index in [1.165, 1.54) is 6.08 Å². The quantitative estimate of drug-likeness (QED) is 0.161. The summed E-state index contributed by atoms with van der Waals surface area (Å²) in [5.41, 5.74) is 0. The summed E-state index contributed by atoms with van der Waals surface area (Å²) in [6.45, 7) is 6.78. The smallest absolute Gasteiger partial charge is 0.423 e. The summed E-state index contributed by atoms with van der Waals surface area (Å²) in [6.07, 6.45) is 2.56. The molecule has 1 atom stereocenters. The first-order valence-electron chi connectivity index (χ1n) is 2.48. The highest BCUT2D eigenvalue weighted by Gasteiger charge is 2.04. The van der Waals surface area contributed by atoms with E-state index in [0.29, 0.717) is 0 Å². The van der Waals surface area contributed by atoms with Crippen LogP contribution in [0.5, 0.6) is 0 Å². The van der Waals surface area contributed by atoms with Gasteiger partial charge in [0.2, 0.25) is 0 Å². The largest absolute Gasteiger partial charge is 0.434 e. The average molecular weight is 164 g/mol. The molecule has 4 nitrogen and oxygen atoms in total. The highest BCUT2D eigenvalue weighted by Crippen LogP contribution is 2.32. The molecule has 0 rings (SSSR count). The second-order valence-corrected chi connectivity index (χ2v) is 1.99. The van der Waals surface area contributed by atoms with E-state index in [0.717, 1.165) is 6.26 Å². The van der Waals surface area contributed by atoms with E-state index in [1.807, 2.05) is 0 Å². The third-order valence-corrected chi connectivity index (χ3v) is 1.03. The molecule has 10 heavy (non-hydrogen) atoms. The van der Waals surface area contributed by atoms with Crippen molar-refractivity contribution in [2.24, 2.45) is 0 Å². The highest BCUT2D eigenvalue weighted by atomic mass is 31.2. The molecule has 0 aromatic carbocycles. The molecular weight excluding hydrogens is 155 g/mol. The Kier molecular flexibility index (Phi) is 6.43. The SMILES string of the molecule is C=CCOOP(O)OC=C. The van der Waals surface area contributed by atoms with Gasteiger partial charge in [-0.1, -0.05) is 12.7 Å². The van der Waals surface area contributed by atoms with E-state index in [1.54, 1.807) is 0 Å². The van der Waals surface area contributed by atoms with Crippen LogP contribution in [0.3, 0.4) is 0 Å². The van der Waals surface area contributed by atoms with Crippen LogP contribution >= 0.6 is 8.60 Å². The summed E-state index contributed by atoms with van der Waals surface area (Å²) in [4.78, 5) is 13.1. The van der Waals surface area contributed by atoms with Crippen LogP contribution in [0.25, 0.3) is 0 Å². The Morgan fingerprint density at radius 1 is 1.50 bits per heavy atom. The molecule has 58 valence electrons. The zero-order chi connectivity index (χ0) is 7.82. The number of hydrogen-bond donors (Lipinski definition) is 1. The minimum absolute atomic E-state index is 0.208. The van der Waals surface area contributed by atoms with Crippen LogP contribution in [0.4, 0.5) is 0 Å². The van der Waals surface area contributed by atoms with Gasteiger partial charge in [-0.05, 0) is 0 Å². The summed E-state index contributed by atoms with van der Waals surface area (Å²) in [5, 5.41) is 0. The fourth-order valence-electron chi connectivity index (χ4n) is 0.205. The molecule has 0 saturated heterocycles. The molecule has 0 aromatic heterocycles. The zero-order valence-electron chi connectivity index (χ0n) is 5.40. The van der Waals surface area contributed by atoms with Gasteiger partial charge in [0.25, 0.3) is 0 Å². The Labute approximate surface area is 60.6 Å². The third kappa shape index (κ3) is 5.72. The van der Waals surface area contributed by atoms with Crippen LogP contribution in [0, 0.1) is 0 Å². The van der Waals surface area contributed by atoms with Gasteiger partial charge in [-0.2, -0.15) is 0 Å². The first-order valence-corrected chi connectivity index (χ1v) is 3.61. The Bertz CT molecular complexity index is 106. The van der Waals surface area contributed by atoms with Crippen LogP contribution in [0.1, 0.15) is 0 Å². The Balaban J connectivity index is 3.11. The summed E-state index contributed by atoms with van der Waals surface area (Å²) in [6, 6.07) is 0. The van der Waals surface area contributed by atoms with Gasteiger partial charge in [-0.15, -0.1) is 11.3 Å². The van der Waals surface area contributed by atoms with E-state index in [2.05, 4.69) is 27.2 Å². The summed E-state index contributed by atoms with van der Waals surface area (Å²) in [5.74, 6) is 0. The van der Waals surface area contributed by atoms with Crippen LogP contribution in [-0.4, -0.2) is 11.5 Å². The van der Waals surface area contributed by atoms with E-state index < -0.39 is 8.60 Å². The van der Waals surface area contributed by atoms with Crippen molar-refractivity contribution in [1.82, 2.24) is 0 Å². The van der Waals surface area contributed by atoms with Gasteiger partial charge in [0.15, 0.2) is 0 Å². The summed E-state index contributed by atoms with van der Waals surface area (Å²) in [7, 11) is -1.98. The van der Waals surface area contributed by atoms with Crippen molar-refractivity contribution in [1.29, 1.82) is 0 Å². The third-order valence-electron chi connectivity index (χ3n) is 0.467. The van der Waals surface area contributed by atoms with Gasteiger partial charge < -0.3 is 9.42 Å². The molecule has 1 N–H and O–H groups in total. The lowest BCUT2D eigenvalue weighted by atomic mass is 10.7. The molecule has 0 aliphatic carbocycles. The maximum Gasteiger partial charge on any atom is 0.423 e. The highest BCUT2D eigenvalue weighted by molar-refractivity contribution is 7.40. The van der Waals surface area contributed by atoms with E-state index in [9.17, 15) is 0 Å². The first-order chi connectivity index (χ1) is 4.81. The van der Waals surface area contributed by atoms with Gasteiger partial charge in [0.1, 0.15) is 6.61 Å². The van der Waals surface area contributed by atoms with Gasteiger partial charge in [-0.3, -0.25) is 0 Å². The molecular formula is C5H9O4P. The van der Waals surface area contributed by atoms with Crippen molar-refractivity contribution in [3.05, 3.63) is 25.5 Å². The second-order valence-electron chi connectivity index (χ2n) is 1.16. The monoisotopic (exact) mass is 164 g/mol. The first kappa shape index (κ1) is 9.59. The fraction of sp³-hybridized carbons (Fsp3) is 0.200. The number of rotatable bonds is 6. The van der Waals surface area contributed by atoms with Crippen molar-refractivity contribution >= 4 is 8.60 Å². The summed E-state index contributed by atoms with van der Waals surface area (Å²) >= 11 is 0. The maximum atomic E-state index is 8.67. The van der Waals surface area contributed by atoms with Crippen LogP contribution in [0.2, 0.25) is 0 Å². The van der Waals surface area contributed by atoms with Gasteiger partial charge in [0, 0.05) is 0 Å². The lowest BCUT2D eigenvalue weighted by Crippen LogP contribution is -1.89. The molecule has 0 radical (unpaired) electrons. The molecule has 0 fully saturated rings. The summed E-state index contributed by atoms with van der Waals surface area (Å²) < 4.78 is 8.67.